The molecule has 86 valence electrons. The average molecular weight is 209 g/mol. The normalized spacial score (nSPS) is 29.7. The highest BCUT2D eigenvalue weighted by molar-refractivity contribution is 5.15. The van der Waals surface area contributed by atoms with Gasteiger partial charge in [0.25, 0.3) is 0 Å². The van der Waals surface area contributed by atoms with Crippen LogP contribution < -0.4 is 5.32 Å². The van der Waals surface area contributed by atoms with Gasteiger partial charge in [-0.3, -0.25) is 0 Å². The fourth-order valence-corrected chi connectivity index (χ4v) is 2.78. The molecule has 2 atom stereocenters. The first-order valence-electron chi connectivity index (χ1n) is 6.39. The average Bonchev–Trinajstić information content (AvgIpc) is 2.33. The van der Waals surface area contributed by atoms with Crippen molar-refractivity contribution in [1.82, 2.24) is 5.32 Å². The van der Waals surface area contributed by atoms with E-state index in [2.05, 4.69) is 18.4 Å². The van der Waals surface area contributed by atoms with E-state index in [9.17, 15) is 0 Å². The van der Waals surface area contributed by atoms with Gasteiger partial charge in [0.15, 0.2) is 0 Å². The van der Waals surface area contributed by atoms with Gasteiger partial charge in [0.2, 0.25) is 0 Å². The lowest BCUT2D eigenvalue weighted by Crippen LogP contribution is -2.42. The van der Waals surface area contributed by atoms with Gasteiger partial charge in [-0.1, -0.05) is 11.6 Å². The molecule has 1 aliphatic carbocycles. The first-order valence-corrected chi connectivity index (χ1v) is 6.39. The third-order valence-electron chi connectivity index (χ3n) is 3.62. The summed E-state index contributed by atoms with van der Waals surface area (Å²) in [6.07, 6.45) is 11.9. The summed E-state index contributed by atoms with van der Waals surface area (Å²) in [5.41, 5.74) is 1.59. The summed E-state index contributed by atoms with van der Waals surface area (Å²) in [5.74, 6) is 0. The van der Waals surface area contributed by atoms with E-state index in [1.165, 1.54) is 44.9 Å². The van der Waals surface area contributed by atoms with Crippen molar-refractivity contribution < 1.29 is 4.74 Å². The molecule has 0 bridgehead atoms. The Labute approximate surface area is 93.1 Å². The van der Waals surface area contributed by atoms with E-state index in [4.69, 9.17) is 4.74 Å². The number of hydrogen-bond acceptors (Lipinski definition) is 2. The van der Waals surface area contributed by atoms with Crippen LogP contribution in [0.3, 0.4) is 0 Å². The summed E-state index contributed by atoms with van der Waals surface area (Å²) in [6.45, 7) is 0.954. The van der Waals surface area contributed by atoms with Crippen LogP contribution in [0.5, 0.6) is 0 Å². The number of nitrogens with one attached hydrogen (secondary N) is 1. The molecule has 2 unspecified atom stereocenters. The third-order valence-corrected chi connectivity index (χ3v) is 3.62. The molecule has 2 aliphatic rings. The van der Waals surface area contributed by atoms with E-state index in [1.807, 2.05) is 0 Å². The Bertz CT molecular complexity index is 219. The van der Waals surface area contributed by atoms with E-state index in [0.29, 0.717) is 12.1 Å². The Hall–Kier alpha value is -0.340. The summed E-state index contributed by atoms with van der Waals surface area (Å²) >= 11 is 0. The standard InChI is InChI=1S/C13H23NO/c1-14-13(11-7-3-2-4-8-11)12-9-5-6-10-15-12/h7,12-14H,2-6,8-10H2,1H3. The second kappa shape index (κ2) is 5.66. The first kappa shape index (κ1) is 11.2. The molecule has 15 heavy (non-hydrogen) atoms. The van der Waals surface area contributed by atoms with Crippen LogP contribution in [0.15, 0.2) is 11.6 Å². The van der Waals surface area contributed by atoms with Crippen molar-refractivity contribution >= 4 is 0 Å². The van der Waals surface area contributed by atoms with Gasteiger partial charge in [-0.15, -0.1) is 0 Å². The molecule has 0 aromatic carbocycles. The molecule has 0 radical (unpaired) electrons. The number of allylic oxidation sites excluding steroid dienone is 1. The van der Waals surface area contributed by atoms with Gasteiger partial charge in [-0.05, 0) is 52.0 Å². The topological polar surface area (TPSA) is 21.3 Å². The molecule has 1 aliphatic heterocycles. The fourth-order valence-electron chi connectivity index (χ4n) is 2.78. The van der Waals surface area contributed by atoms with Crippen LogP contribution in [0.25, 0.3) is 0 Å². The van der Waals surface area contributed by atoms with Crippen LogP contribution in [0.4, 0.5) is 0 Å². The fraction of sp³-hybridized carbons (Fsp3) is 0.846. The molecule has 2 nitrogen and oxygen atoms in total. The zero-order valence-corrected chi connectivity index (χ0v) is 9.80. The van der Waals surface area contributed by atoms with Gasteiger partial charge >= 0.3 is 0 Å². The monoisotopic (exact) mass is 209 g/mol. The number of rotatable bonds is 3. The van der Waals surface area contributed by atoms with E-state index >= 15 is 0 Å². The van der Waals surface area contributed by atoms with E-state index in [1.54, 1.807) is 5.57 Å². The second-order valence-corrected chi connectivity index (χ2v) is 4.70. The molecule has 1 N–H and O–H groups in total. The van der Waals surface area contributed by atoms with Gasteiger partial charge in [0.05, 0.1) is 12.1 Å². The lowest BCUT2D eigenvalue weighted by atomic mass is 9.88. The summed E-state index contributed by atoms with van der Waals surface area (Å²) in [4.78, 5) is 0. The maximum atomic E-state index is 5.88. The molecular formula is C13H23NO. The van der Waals surface area contributed by atoms with Crippen LogP contribution in [0.2, 0.25) is 0 Å². The van der Waals surface area contributed by atoms with Crippen LogP contribution in [0.1, 0.15) is 44.9 Å². The summed E-state index contributed by atoms with van der Waals surface area (Å²) in [5, 5.41) is 3.45. The van der Waals surface area contributed by atoms with Crippen molar-refractivity contribution in [2.45, 2.75) is 57.1 Å². The maximum absolute atomic E-state index is 5.88. The highest BCUT2D eigenvalue weighted by Crippen LogP contribution is 2.26. The molecule has 0 aromatic rings. The molecular weight excluding hydrogens is 186 g/mol. The van der Waals surface area contributed by atoms with Gasteiger partial charge in [-0.2, -0.15) is 0 Å². The largest absolute Gasteiger partial charge is 0.376 e. The van der Waals surface area contributed by atoms with Crippen molar-refractivity contribution in [3.8, 4) is 0 Å². The Balaban J connectivity index is 1.98. The molecule has 1 heterocycles. The number of ether oxygens (including phenoxy) is 1. The summed E-state index contributed by atoms with van der Waals surface area (Å²) < 4.78 is 5.88. The Morgan fingerprint density at radius 3 is 2.87 bits per heavy atom. The highest BCUT2D eigenvalue weighted by Gasteiger charge is 2.26. The Morgan fingerprint density at radius 1 is 1.33 bits per heavy atom. The zero-order chi connectivity index (χ0) is 10.5. The van der Waals surface area contributed by atoms with Crippen LogP contribution in [0, 0.1) is 0 Å². The molecule has 2 heteroatoms. The van der Waals surface area contributed by atoms with Crippen molar-refractivity contribution in [1.29, 1.82) is 0 Å². The minimum atomic E-state index is 0.424. The summed E-state index contributed by atoms with van der Waals surface area (Å²) in [6, 6.07) is 0.477. The second-order valence-electron chi connectivity index (χ2n) is 4.70. The van der Waals surface area contributed by atoms with Gasteiger partial charge in [-0.25, -0.2) is 0 Å². The Kier molecular flexibility index (Phi) is 4.21. The quantitative estimate of drug-likeness (QED) is 0.721. The van der Waals surface area contributed by atoms with Crippen molar-refractivity contribution in [2.24, 2.45) is 0 Å². The Morgan fingerprint density at radius 2 is 2.27 bits per heavy atom. The molecule has 0 saturated carbocycles. The lowest BCUT2D eigenvalue weighted by molar-refractivity contribution is 0.000571. The first-order chi connectivity index (χ1) is 7.42. The van der Waals surface area contributed by atoms with Crippen molar-refractivity contribution in [3.05, 3.63) is 11.6 Å². The van der Waals surface area contributed by atoms with Crippen LogP contribution in [-0.4, -0.2) is 25.8 Å². The smallest absolute Gasteiger partial charge is 0.0766 e. The number of likely N-dealkylation sites (N-methyl/N-ethyl adjacent to an activating group) is 1. The van der Waals surface area contributed by atoms with E-state index < -0.39 is 0 Å². The van der Waals surface area contributed by atoms with Crippen molar-refractivity contribution in [3.63, 3.8) is 0 Å². The predicted molar refractivity (Wildman–Crippen MR) is 63.0 cm³/mol. The predicted octanol–water partition coefficient (Wildman–Crippen LogP) is 2.64. The van der Waals surface area contributed by atoms with Crippen molar-refractivity contribution in [2.75, 3.05) is 13.7 Å². The SMILES string of the molecule is CNC(C1=CCCCC1)C1CCCCO1. The van der Waals surface area contributed by atoms with Crippen LogP contribution >= 0.6 is 0 Å². The summed E-state index contributed by atoms with van der Waals surface area (Å²) in [7, 11) is 2.07. The minimum Gasteiger partial charge on any atom is -0.376 e. The van der Waals surface area contributed by atoms with E-state index in [0.717, 1.165) is 6.61 Å². The van der Waals surface area contributed by atoms with Gasteiger partial charge < -0.3 is 10.1 Å². The minimum absolute atomic E-state index is 0.424. The number of hydrogen-bond donors (Lipinski definition) is 1. The van der Waals surface area contributed by atoms with Crippen LogP contribution in [-0.2, 0) is 4.74 Å². The molecule has 2 rings (SSSR count). The third kappa shape index (κ3) is 2.82. The highest BCUT2D eigenvalue weighted by atomic mass is 16.5. The lowest BCUT2D eigenvalue weighted by Gasteiger charge is -2.33. The molecule has 0 spiro atoms. The molecule has 1 fully saturated rings. The van der Waals surface area contributed by atoms with Gasteiger partial charge in [0.1, 0.15) is 0 Å². The van der Waals surface area contributed by atoms with E-state index in [-0.39, 0.29) is 0 Å². The molecule has 1 saturated heterocycles. The molecule has 0 aromatic heterocycles. The van der Waals surface area contributed by atoms with Gasteiger partial charge in [0, 0.05) is 6.61 Å². The maximum Gasteiger partial charge on any atom is 0.0766 e. The molecule has 0 amide bonds. The zero-order valence-electron chi connectivity index (χ0n) is 9.80.